The number of hydrogen-bond donors (Lipinski definition) is 5. The SMILES string of the molecule is CC(CO)c1ccc(-c2cc(C(N)=O)c(Nc3cccc(CNCC(=O)NCCP(C)(C)=O)n3)s2)c(F)c1. The predicted molar refractivity (Wildman–Crippen MR) is 150 cm³/mol. The zero-order valence-corrected chi connectivity index (χ0v) is 23.3. The van der Waals surface area contributed by atoms with Crippen molar-refractivity contribution in [1.82, 2.24) is 15.6 Å². The summed E-state index contributed by atoms with van der Waals surface area (Å²) in [6, 6.07) is 11.6. The van der Waals surface area contributed by atoms with Gasteiger partial charge in [-0.25, -0.2) is 9.37 Å². The fourth-order valence-corrected chi connectivity index (χ4v) is 5.29. The summed E-state index contributed by atoms with van der Waals surface area (Å²) in [5.74, 6) is -1.05. The lowest BCUT2D eigenvalue weighted by atomic mass is 9.99. The molecule has 0 spiro atoms. The van der Waals surface area contributed by atoms with Gasteiger partial charge in [0.15, 0.2) is 0 Å². The van der Waals surface area contributed by atoms with Crippen LogP contribution in [-0.2, 0) is 15.9 Å². The van der Waals surface area contributed by atoms with Crippen LogP contribution in [0.25, 0.3) is 10.4 Å². The number of carbonyl (C=O) groups excluding carboxylic acids is 2. The first-order valence-corrected chi connectivity index (χ1v) is 15.7. The first-order valence-electron chi connectivity index (χ1n) is 12.1. The first-order chi connectivity index (χ1) is 18.0. The molecular weight excluding hydrogens is 528 g/mol. The number of hydrogen-bond acceptors (Lipinski definition) is 8. The summed E-state index contributed by atoms with van der Waals surface area (Å²) in [5, 5.41) is 18.6. The molecule has 3 aromatic rings. The molecule has 0 bridgehead atoms. The quantitative estimate of drug-likeness (QED) is 0.200. The fraction of sp³-hybridized carbons (Fsp3) is 0.346. The van der Waals surface area contributed by atoms with E-state index in [9.17, 15) is 23.7 Å². The van der Waals surface area contributed by atoms with Crippen LogP contribution < -0.4 is 21.7 Å². The maximum Gasteiger partial charge on any atom is 0.251 e. The maximum absolute atomic E-state index is 14.9. The van der Waals surface area contributed by atoms with E-state index in [1.807, 2.05) is 0 Å². The van der Waals surface area contributed by atoms with Crippen LogP contribution in [0, 0.1) is 5.82 Å². The third-order valence-corrected chi connectivity index (χ3v) is 8.10. The summed E-state index contributed by atoms with van der Waals surface area (Å²) >= 11 is 1.18. The van der Waals surface area contributed by atoms with E-state index >= 15 is 0 Å². The van der Waals surface area contributed by atoms with Crippen LogP contribution in [-0.4, -0.2) is 61.1 Å². The van der Waals surface area contributed by atoms with E-state index < -0.39 is 18.9 Å². The molecule has 6 N–H and O–H groups in total. The number of nitrogens with two attached hydrogens (primary N) is 1. The smallest absolute Gasteiger partial charge is 0.251 e. The molecule has 0 radical (unpaired) electrons. The van der Waals surface area contributed by atoms with Gasteiger partial charge in [0.25, 0.3) is 5.91 Å². The van der Waals surface area contributed by atoms with Gasteiger partial charge in [0.05, 0.1) is 24.9 Å². The normalized spacial score (nSPS) is 12.2. The van der Waals surface area contributed by atoms with Crippen molar-refractivity contribution < 1.29 is 23.7 Å². The molecule has 2 aromatic heterocycles. The van der Waals surface area contributed by atoms with Crippen LogP contribution in [0.3, 0.4) is 0 Å². The molecule has 1 unspecified atom stereocenters. The number of aromatic nitrogens is 1. The van der Waals surface area contributed by atoms with E-state index in [0.717, 1.165) is 0 Å². The number of halogens is 1. The lowest BCUT2D eigenvalue weighted by Gasteiger charge is -2.10. The standard InChI is InChI=1S/C26H33FN5O4PS/c1-16(15-33)17-7-8-19(21(27)11-17)22-12-20(25(28)35)26(38-22)32-23-6-4-5-18(31-23)13-29-14-24(34)30-9-10-37(2,3)36/h4-8,11-12,16,29,33H,9-10,13-15H2,1-3H3,(H2,28,35)(H,30,34)(H,31,32). The highest BCUT2D eigenvalue weighted by Crippen LogP contribution is 2.38. The molecule has 1 atom stereocenters. The summed E-state index contributed by atoms with van der Waals surface area (Å²) in [6.07, 6.45) is 0.451. The average Bonchev–Trinajstić information content (AvgIpc) is 3.26. The molecule has 204 valence electrons. The Hall–Kier alpha value is -3.11. The molecule has 12 heteroatoms. The lowest BCUT2D eigenvalue weighted by molar-refractivity contribution is -0.120. The summed E-state index contributed by atoms with van der Waals surface area (Å²) in [7, 11) is -2.17. The van der Waals surface area contributed by atoms with Crippen LogP contribution in [0.4, 0.5) is 15.2 Å². The van der Waals surface area contributed by atoms with Crippen molar-refractivity contribution in [2.45, 2.75) is 19.4 Å². The van der Waals surface area contributed by atoms with Gasteiger partial charge in [-0.2, -0.15) is 0 Å². The Morgan fingerprint density at radius 2 is 1.97 bits per heavy atom. The Balaban J connectivity index is 1.68. The molecular formula is C26H33FN5O4PS. The molecule has 9 nitrogen and oxygen atoms in total. The van der Waals surface area contributed by atoms with Crippen molar-refractivity contribution in [3.8, 4) is 10.4 Å². The molecule has 0 saturated heterocycles. The van der Waals surface area contributed by atoms with Gasteiger partial charge in [-0.05, 0) is 43.2 Å². The summed E-state index contributed by atoms with van der Waals surface area (Å²) in [4.78, 5) is 29.1. The summed E-state index contributed by atoms with van der Waals surface area (Å²) in [5.41, 5.74) is 7.46. The molecule has 2 amide bonds. The third-order valence-electron chi connectivity index (χ3n) is 5.71. The number of aliphatic hydroxyl groups is 1. The Morgan fingerprint density at radius 3 is 2.63 bits per heavy atom. The van der Waals surface area contributed by atoms with Gasteiger partial charge in [-0.15, -0.1) is 11.3 Å². The number of thiophene rings is 1. The number of primary amides is 1. The number of nitrogens with one attached hydrogen (secondary N) is 3. The van der Waals surface area contributed by atoms with Crippen molar-refractivity contribution in [2.24, 2.45) is 5.73 Å². The second-order valence-corrected chi connectivity index (χ2v) is 14.1. The van der Waals surface area contributed by atoms with Crippen molar-refractivity contribution in [2.75, 3.05) is 44.5 Å². The number of rotatable bonds is 13. The largest absolute Gasteiger partial charge is 0.396 e. The van der Waals surface area contributed by atoms with Gasteiger partial charge in [0.2, 0.25) is 5.91 Å². The van der Waals surface area contributed by atoms with Gasteiger partial charge in [0.1, 0.15) is 16.6 Å². The number of aliphatic hydroxyl groups excluding tert-OH is 1. The van der Waals surface area contributed by atoms with Crippen molar-refractivity contribution in [3.63, 3.8) is 0 Å². The summed E-state index contributed by atoms with van der Waals surface area (Å²) < 4.78 is 26.6. The molecule has 0 aliphatic rings. The highest BCUT2D eigenvalue weighted by atomic mass is 32.1. The lowest BCUT2D eigenvalue weighted by Crippen LogP contribution is -2.35. The Morgan fingerprint density at radius 1 is 1.21 bits per heavy atom. The van der Waals surface area contributed by atoms with Crippen LogP contribution in [0.1, 0.15) is 34.5 Å². The zero-order valence-electron chi connectivity index (χ0n) is 21.6. The van der Waals surface area contributed by atoms with E-state index in [1.54, 1.807) is 56.7 Å². The molecule has 0 fully saturated rings. The molecule has 3 rings (SSSR count). The monoisotopic (exact) mass is 561 g/mol. The van der Waals surface area contributed by atoms with Crippen LogP contribution in [0.15, 0.2) is 42.5 Å². The number of anilines is 2. The number of carbonyl (C=O) groups is 2. The number of benzene rings is 1. The van der Waals surface area contributed by atoms with Gasteiger partial charge >= 0.3 is 0 Å². The minimum absolute atomic E-state index is 0.0820. The Labute approximate surface area is 225 Å². The Bertz CT molecular complexity index is 1340. The minimum Gasteiger partial charge on any atom is -0.396 e. The topological polar surface area (TPSA) is 146 Å². The molecule has 0 saturated carbocycles. The van der Waals surface area contributed by atoms with Crippen molar-refractivity contribution in [3.05, 3.63) is 65.1 Å². The van der Waals surface area contributed by atoms with E-state index in [4.69, 9.17) is 5.73 Å². The second-order valence-electron chi connectivity index (χ2n) is 9.43. The molecule has 1 aromatic carbocycles. The van der Waals surface area contributed by atoms with E-state index in [-0.39, 0.29) is 30.5 Å². The first kappa shape index (κ1) is 29.4. The number of pyridine rings is 1. The number of nitrogens with zero attached hydrogens (tertiary/aromatic N) is 1. The van der Waals surface area contributed by atoms with Crippen molar-refractivity contribution >= 4 is 41.1 Å². The maximum atomic E-state index is 14.9. The van der Waals surface area contributed by atoms with Crippen LogP contribution in [0.5, 0.6) is 0 Å². The van der Waals surface area contributed by atoms with Gasteiger partial charge in [-0.3, -0.25) is 9.59 Å². The molecule has 38 heavy (non-hydrogen) atoms. The third kappa shape index (κ3) is 8.46. The summed E-state index contributed by atoms with van der Waals surface area (Å²) in [6.45, 7) is 5.85. The zero-order chi connectivity index (χ0) is 27.9. The fourth-order valence-electron chi connectivity index (χ4n) is 3.54. The van der Waals surface area contributed by atoms with Gasteiger partial charge in [0, 0.05) is 42.2 Å². The van der Waals surface area contributed by atoms with Crippen LogP contribution in [0.2, 0.25) is 0 Å². The molecule has 2 heterocycles. The van der Waals surface area contributed by atoms with E-state index in [1.165, 1.54) is 17.4 Å². The Kier molecular flexibility index (Phi) is 10.2. The van der Waals surface area contributed by atoms with E-state index in [2.05, 4.69) is 20.9 Å². The van der Waals surface area contributed by atoms with Crippen molar-refractivity contribution in [1.29, 1.82) is 0 Å². The predicted octanol–water partition coefficient (Wildman–Crippen LogP) is 3.72. The average molecular weight is 562 g/mol. The van der Waals surface area contributed by atoms with E-state index in [0.29, 0.717) is 51.8 Å². The van der Waals surface area contributed by atoms with Gasteiger partial charge in [-0.1, -0.05) is 25.1 Å². The second kappa shape index (κ2) is 13.1. The minimum atomic E-state index is -2.17. The van der Waals surface area contributed by atoms with Crippen LogP contribution >= 0.6 is 18.5 Å². The highest BCUT2D eigenvalue weighted by molar-refractivity contribution is 7.62. The number of amides is 2. The molecule has 0 aliphatic carbocycles. The highest BCUT2D eigenvalue weighted by Gasteiger charge is 2.18. The van der Waals surface area contributed by atoms with Gasteiger partial charge < -0.3 is 31.4 Å². The molecule has 0 aliphatic heterocycles.